The highest BCUT2D eigenvalue weighted by atomic mass is 19.1. The predicted molar refractivity (Wildman–Crippen MR) is 44.2 cm³/mol. The van der Waals surface area contributed by atoms with Gasteiger partial charge in [-0.3, -0.25) is 4.98 Å². The van der Waals surface area contributed by atoms with Gasteiger partial charge in [0, 0.05) is 5.56 Å². The van der Waals surface area contributed by atoms with Crippen LogP contribution in [0.2, 0.25) is 0 Å². The summed E-state index contributed by atoms with van der Waals surface area (Å²) in [4.78, 5) is 3.36. The van der Waals surface area contributed by atoms with E-state index in [2.05, 4.69) is 4.98 Å². The fraction of sp³-hybridized carbons (Fsp3) is 0.444. The Balaban J connectivity index is 2.75. The van der Waals surface area contributed by atoms with Gasteiger partial charge in [-0.25, -0.2) is 8.78 Å². The monoisotopic (exact) mass is 187 g/mol. The van der Waals surface area contributed by atoms with Crippen LogP contribution in [-0.2, 0) is 6.42 Å². The molecule has 1 aromatic heterocycles. The molecule has 4 heteroatoms. The first-order valence-electron chi connectivity index (χ1n) is 4.07. The summed E-state index contributed by atoms with van der Waals surface area (Å²) < 4.78 is 25.8. The fourth-order valence-corrected chi connectivity index (χ4v) is 1.03. The lowest BCUT2D eigenvalue weighted by atomic mass is 10.1. The van der Waals surface area contributed by atoms with Crippen LogP contribution >= 0.6 is 0 Å². The van der Waals surface area contributed by atoms with Gasteiger partial charge in [-0.1, -0.05) is 0 Å². The third-order valence-electron chi connectivity index (χ3n) is 1.76. The van der Waals surface area contributed by atoms with Crippen molar-refractivity contribution in [1.82, 2.24) is 4.98 Å². The van der Waals surface area contributed by atoms with E-state index in [1.165, 1.54) is 0 Å². The zero-order valence-electron chi connectivity index (χ0n) is 7.30. The lowest BCUT2D eigenvalue weighted by Gasteiger charge is -2.05. The van der Waals surface area contributed by atoms with Gasteiger partial charge in [0.25, 0.3) is 0 Å². The second-order valence-corrected chi connectivity index (χ2v) is 2.97. The Kier molecular flexibility index (Phi) is 3.31. The molecule has 1 rings (SSSR count). The first-order chi connectivity index (χ1) is 6.11. The summed E-state index contributed by atoms with van der Waals surface area (Å²) in [7, 11) is 0. The van der Waals surface area contributed by atoms with E-state index in [4.69, 9.17) is 5.11 Å². The van der Waals surface area contributed by atoms with E-state index in [1.807, 2.05) is 0 Å². The van der Waals surface area contributed by atoms with Crippen LogP contribution in [0.25, 0.3) is 0 Å². The number of aliphatic hydroxyl groups is 1. The number of nitrogens with zero attached hydrogens (tertiary/aromatic N) is 1. The van der Waals surface area contributed by atoms with Crippen molar-refractivity contribution in [3.8, 4) is 0 Å². The van der Waals surface area contributed by atoms with Gasteiger partial charge < -0.3 is 5.11 Å². The van der Waals surface area contributed by atoms with Gasteiger partial charge in [0.1, 0.15) is 11.6 Å². The fourth-order valence-electron chi connectivity index (χ4n) is 1.03. The van der Waals surface area contributed by atoms with Crippen LogP contribution in [0.4, 0.5) is 8.78 Å². The van der Waals surface area contributed by atoms with Crippen molar-refractivity contribution in [3.05, 3.63) is 29.6 Å². The minimum absolute atomic E-state index is 0.00380. The SMILES string of the molecule is C[C@H](O)CCc1c(F)cncc1F. The molecule has 0 spiro atoms. The molecule has 0 aliphatic heterocycles. The molecule has 0 aliphatic carbocycles. The average Bonchev–Trinajstić information content (AvgIpc) is 2.03. The molecule has 0 aliphatic rings. The minimum Gasteiger partial charge on any atom is -0.393 e. The summed E-state index contributed by atoms with van der Waals surface area (Å²) in [5, 5.41) is 8.93. The maximum atomic E-state index is 12.9. The van der Waals surface area contributed by atoms with Gasteiger partial charge in [-0.15, -0.1) is 0 Å². The summed E-state index contributed by atoms with van der Waals surface area (Å²) in [5.41, 5.74) is -0.00380. The molecule has 1 aromatic rings. The normalized spacial score (nSPS) is 12.9. The third kappa shape index (κ3) is 2.73. The van der Waals surface area contributed by atoms with Crippen molar-refractivity contribution in [2.24, 2.45) is 0 Å². The van der Waals surface area contributed by atoms with Crippen molar-refractivity contribution >= 4 is 0 Å². The van der Waals surface area contributed by atoms with Gasteiger partial charge in [0.15, 0.2) is 0 Å². The number of aliphatic hydroxyl groups excluding tert-OH is 1. The zero-order valence-corrected chi connectivity index (χ0v) is 7.30. The topological polar surface area (TPSA) is 33.1 Å². The highest BCUT2D eigenvalue weighted by Gasteiger charge is 2.09. The molecule has 72 valence electrons. The molecule has 13 heavy (non-hydrogen) atoms. The second-order valence-electron chi connectivity index (χ2n) is 2.97. The van der Waals surface area contributed by atoms with Gasteiger partial charge in [0.05, 0.1) is 18.5 Å². The molecule has 0 radical (unpaired) electrons. The number of halogens is 2. The van der Waals surface area contributed by atoms with Crippen LogP contribution in [-0.4, -0.2) is 16.2 Å². The van der Waals surface area contributed by atoms with Gasteiger partial charge in [0.2, 0.25) is 0 Å². The standard InChI is InChI=1S/C9H11F2NO/c1-6(13)2-3-7-8(10)4-12-5-9(7)11/h4-6,13H,2-3H2,1H3/t6-/m0/s1. The van der Waals surface area contributed by atoms with E-state index in [1.54, 1.807) is 6.92 Å². The van der Waals surface area contributed by atoms with Gasteiger partial charge >= 0.3 is 0 Å². The number of rotatable bonds is 3. The van der Waals surface area contributed by atoms with Crippen LogP contribution in [0.5, 0.6) is 0 Å². The molecule has 0 aromatic carbocycles. The Hall–Kier alpha value is -1.03. The minimum atomic E-state index is -0.652. The van der Waals surface area contributed by atoms with Gasteiger partial charge in [-0.05, 0) is 19.8 Å². The molecule has 0 fully saturated rings. The Bertz CT molecular complexity index is 269. The van der Waals surface area contributed by atoms with Crippen molar-refractivity contribution in [2.45, 2.75) is 25.9 Å². The first-order valence-corrected chi connectivity index (χ1v) is 4.07. The molecule has 0 saturated heterocycles. The number of hydrogen-bond donors (Lipinski definition) is 1. The van der Waals surface area contributed by atoms with Crippen molar-refractivity contribution in [2.75, 3.05) is 0 Å². The quantitative estimate of drug-likeness (QED) is 0.780. The van der Waals surface area contributed by atoms with E-state index in [9.17, 15) is 8.78 Å². The van der Waals surface area contributed by atoms with Crippen LogP contribution in [0, 0.1) is 11.6 Å². The third-order valence-corrected chi connectivity index (χ3v) is 1.76. The summed E-state index contributed by atoms with van der Waals surface area (Å²) in [5.74, 6) is -1.30. The highest BCUT2D eigenvalue weighted by molar-refractivity contribution is 5.15. The Morgan fingerprint density at radius 2 is 1.92 bits per heavy atom. The average molecular weight is 187 g/mol. The van der Waals surface area contributed by atoms with E-state index < -0.39 is 17.7 Å². The summed E-state index contributed by atoms with van der Waals surface area (Å²) in [6, 6.07) is 0. The molecule has 1 atom stereocenters. The second kappa shape index (κ2) is 4.28. The number of hydrogen-bond acceptors (Lipinski definition) is 2. The largest absolute Gasteiger partial charge is 0.393 e. The van der Waals surface area contributed by atoms with Gasteiger partial charge in [-0.2, -0.15) is 0 Å². The number of aromatic nitrogens is 1. The van der Waals surface area contributed by atoms with Crippen molar-refractivity contribution in [3.63, 3.8) is 0 Å². The Morgan fingerprint density at radius 3 is 2.38 bits per heavy atom. The molecule has 1 heterocycles. The molecule has 0 saturated carbocycles. The number of pyridine rings is 1. The van der Waals surface area contributed by atoms with E-state index >= 15 is 0 Å². The molecule has 0 bridgehead atoms. The van der Waals surface area contributed by atoms with Crippen LogP contribution in [0.1, 0.15) is 18.9 Å². The molecular weight excluding hydrogens is 176 g/mol. The van der Waals surface area contributed by atoms with Crippen LogP contribution in [0.3, 0.4) is 0 Å². The predicted octanol–water partition coefficient (Wildman–Crippen LogP) is 1.67. The molecule has 0 unspecified atom stereocenters. The van der Waals surface area contributed by atoms with Crippen LogP contribution in [0.15, 0.2) is 12.4 Å². The zero-order chi connectivity index (χ0) is 9.84. The summed E-state index contributed by atoms with van der Waals surface area (Å²) in [6.07, 6.45) is 1.93. The van der Waals surface area contributed by atoms with Crippen LogP contribution < -0.4 is 0 Å². The maximum absolute atomic E-state index is 12.9. The Labute approximate surface area is 75.2 Å². The molecule has 0 amide bonds. The summed E-state index contributed by atoms with van der Waals surface area (Å²) in [6.45, 7) is 1.58. The Morgan fingerprint density at radius 1 is 1.38 bits per heavy atom. The van der Waals surface area contributed by atoms with E-state index in [0.29, 0.717) is 6.42 Å². The van der Waals surface area contributed by atoms with Crippen molar-refractivity contribution in [1.29, 1.82) is 0 Å². The molecular formula is C9H11F2NO. The molecule has 2 nitrogen and oxygen atoms in total. The summed E-state index contributed by atoms with van der Waals surface area (Å²) >= 11 is 0. The van der Waals surface area contributed by atoms with E-state index in [0.717, 1.165) is 12.4 Å². The lowest BCUT2D eigenvalue weighted by molar-refractivity contribution is 0.184. The van der Waals surface area contributed by atoms with E-state index in [-0.39, 0.29) is 12.0 Å². The highest BCUT2D eigenvalue weighted by Crippen LogP contribution is 2.13. The lowest BCUT2D eigenvalue weighted by Crippen LogP contribution is -2.04. The smallest absolute Gasteiger partial charge is 0.147 e. The first kappa shape index (κ1) is 10.1. The molecule has 1 N–H and O–H groups in total. The maximum Gasteiger partial charge on any atom is 0.147 e. The van der Waals surface area contributed by atoms with Crippen molar-refractivity contribution < 1.29 is 13.9 Å².